The van der Waals surface area contributed by atoms with E-state index in [0.29, 0.717) is 25.9 Å². The number of nitrogens with zero attached hydrogens (tertiary/aromatic N) is 1. The quantitative estimate of drug-likeness (QED) is 0.661. The Morgan fingerprint density at radius 2 is 2.33 bits per heavy atom. The van der Waals surface area contributed by atoms with Crippen LogP contribution >= 0.6 is 0 Å². The lowest BCUT2D eigenvalue weighted by atomic mass is 10.1. The summed E-state index contributed by atoms with van der Waals surface area (Å²) in [6.45, 7) is 4.86. The second-order valence-corrected chi connectivity index (χ2v) is 3.76. The maximum Gasteiger partial charge on any atom is 0.242 e. The highest BCUT2D eigenvalue weighted by molar-refractivity contribution is 5.90. The zero-order chi connectivity index (χ0) is 11.4. The molecular formula is C10H19N3O2. The Labute approximate surface area is 90.0 Å². The van der Waals surface area contributed by atoms with Crippen LogP contribution < -0.4 is 11.1 Å². The molecule has 3 N–H and O–H groups in total. The van der Waals surface area contributed by atoms with Crippen molar-refractivity contribution in [3.8, 4) is 0 Å². The van der Waals surface area contributed by atoms with Crippen molar-refractivity contribution in [3.05, 3.63) is 0 Å². The molecule has 1 rings (SSSR count). The zero-order valence-electron chi connectivity index (χ0n) is 9.32. The average Bonchev–Trinajstić information content (AvgIpc) is 2.26. The molecule has 0 saturated carbocycles. The third-order valence-corrected chi connectivity index (χ3v) is 2.76. The number of hydrogen-bond acceptors (Lipinski definition) is 3. The van der Waals surface area contributed by atoms with Crippen molar-refractivity contribution in [3.63, 3.8) is 0 Å². The second-order valence-electron chi connectivity index (χ2n) is 3.76. The van der Waals surface area contributed by atoms with E-state index < -0.39 is 6.04 Å². The lowest BCUT2D eigenvalue weighted by Gasteiger charge is -2.35. The van der Waals surface area contributed by atoms with Gasteiger partial charge in [0.2, 0.25) is 11.8 Å². The van der Waals surface area contributed by atoms with E-state index in [9.17, 15) is 9.59 Å². The Morgan fingerprint density at radius 1 is 1.67 bits per heavy atom. The van der Waals surface area contributed by atoms with Crippen LogP contribution in [0.15, 0.2) is 0 Å². The molecule has 0 aliphatic carbocycles. The number of rotatable bonds is 3. The molecule has 5 heteroatoms. The smallest absolute Gasteiger partial charge is 0.242 e. The number of nitrogens with two attached hydrogens (primary N) is 1. The van der Waals surface area contributed by atoms with Crippen molar-refractivity contribution in [2.75, 3.05) is 13.1 Å². The Morgan fingerprint density at radius 3 is 2.87 bits per heavy atom. The summed E-state index contributed by atoms with van der Waals surface area (Å²) in [7, 11) is 0. The summed E-state index contributed by atoms with van der Waals surface area (Å²) >= 11 is 0. The van der Waals surface area contributed by atoms with Gasteiger partial charge in [-0.1, -0.05) is 13.8 Å². The van der Waals surface area contributed by atoms with Gasteiger partial charge >= 0.3 is 0 Å². The highest BCUT2D eigenvalue weighted by Crippen LogP contribution is 2.10. The van der Waals surface area contributed by atoms with Crippen molar-refractivity contribution in [1.82, 2.24) is 10.2 Å². The minimum absolute atomic E-state index is 0.0691. The van der Waals surface area contributed by atoms with Gasteiger partial charge in [0, 0.05) is 13.1 Å². The van der Waals surface area contributed by atoms with E-state index in [1.807, 2.05) is 13.8 Å². The number of nitrogens with one attached hydrogen (secondary N) is 1. The standard InChI is InChI=1S/C10H19N3O2/c1-3-7(11)10(15)13-6-5-12-9(14)8(13)4-2/h7-8H,3-6,11H2,1-2H3,(H,12,14). The van der Waals surface area contributed by atoms with Gasteiger partial charge in [0.25, 0.3) is 0 Å². The maximum atomic E-state index is 11.9. The molecule has 0 aromatic rings. The summed E-state index contributed by atoms with van der Waals surface area (Å²) in [6, 6.07) is -0.825. The van der Waals surface area contributed by atoms with E-state index in [-0.39, 0.29) is 17.9 Å². The fourth-order valence-corrected chi connectivity index (χ4v) is 1.77. The molecular weight excluding hydrogens is 194 g/mol. The molecule has 1 aliphatic heterocycles. The fraction of sp³-hybridized carbons (Fsp3) is 0.800. The second kappa shape index (κ2) is 5.11. The molecule has 0 aromatic heterocycles. The van der Waals surface area contributed by atoms with Crippen molar-refractivity contribution in [1.29, 1.82) is 0 Å². The highest BCUT2D eigenvalue weighted by Gasteiger charge is 2.33. The van der Waals surface area contributed by atoms with Gasteiger partial charge in [-0.15, -0.1) is 0 Å². The fourth-order valence-electron chi connectivity index (χ4n) is 1.77. The summed E-state index contributed by atoms with van der Waals surface area (Å²) in [6.07, 6.45) is 1.24. The Bertz CT molecular complexity index is 255. The molecule has 5 nitrogen and oxygen atoms in total. The number of carbonyl (C=O) groups excluding carboxylic acids is 2. The summed E-state index contributed by atoms with van der Waals surface area (Å²) in [4.78, 5) is 25.0. The maximum absolute atomic E-state index is 11.9. The third-order valence-electron chi connectivity index (χ3n) is 2.76. The van der Waals surface area contributed by atoms with Gasteiger partial charge in [-0.25, -0.2) is 0 Å². The molecule has 1 aliphatic rings. The normalized spacial score (nSPS) is 23.5. The third kappa shape index (κ3) is 2.47. The van der Waals surface area contributed by atoms with E-state index in [1.54, 1.807) is 4.90 Å². The van der Waals surface area contributed by atoms with Gasteiger partial charge in [-0.3, -0.25) is 9.59 Å². The van der Waals surface area contributed by atoms with Gasteiger partial charge in [-0.05, 0) is 12.8 Å². The van der Waals surface area contributed by atoms with Crippen molar-refractivity contribution < 1.29 is 9.59 Å². The molecule has 0 bridgehead atoms. The van der Waals surface area contributed by atoms with Gasteiger partial charge in [0.15, 0.2) is 0 Å². The molecule has 86 valence electrons. The van der Waals surface area contributed by atoms with E-state index in [4.69, 9.17) is 5.73 Å². The molecule has 15 heavy (non-hydrogen) atoms. The molecule has 0 radical (unpaired) electrons. The average molecular weight is 213 g/mol. The highest BCUT2D eigenvalue weighted by atomic mass is 16.2. The molecule has 1 fully saturated rings. The topological polar surface area (TPSA) is 75.4 Å². The number of amides is 2. The molecule has 2 atom stereocenters. The first-order valence-electron chi connectivity index (χ1n) is 5.45. The molecule has 1 heterocycles. The minimum atomic E-state index is -0.482. The zero-order valence-corrected chi connectivity index (χ0v) is 9.32. The molecule has 1 saturated heterocycles. The van der Waals surface area contributed by atoms with Gasteiger partial charge in [0.1, 0.15) is 6.04 Å². The Balaban J connectivity index is 2.73. The largest absolute Gasteiger partial charge is 0.353 e. The van der Waals surface area contributed by atoms with Crippen LogP contribution in [-0.2, 0) is 9.59 Å². The molecule has 0 aromatic carbocycles. The van der Waals surface area contributed by atoms with Crippen LogP contribution in [0.3, 0.4) is 0 Å². The van der Waals surface area contributed by atoms with Crippen LogP contribution in [0.25, 0.3) is 0 Å². The van der Waals surface area contributed by atoms with Crippen LogP contribution in [0.1, 0.15) is 26.7 Å². The first-order chi connectivity index (χ1) is 7.11. The predicted octanol–water partition coefficient (Wildman–Crippen LogP) is -0.539. The lowest BCUT2D eigenvalue weighted by Crippen LogP contribution is -2.59. The number of hydrogen-bond donors (Lipinski definition) is 2. The van der Waals surface area contributed by atoms with Crippen LogP contribution in [0.5, 0.6) is 0 Å². The SMILES string of the molecule is CCC(N)C(=O)N1CCNC(=O)C1CC. The summed E-state index contributed by atoms with van der Waals surface area (Å²) in [5.41, 5.74) is 5.69. The Hall–Kier alpha value is -1.10. The van der Waals surface area contributed by atoms with E-state index in [0.717, 1.165) is 0 Å². The van der Waals surface area contributed by atoms with Gasteiger partial charge < -0.3 is 16.0 Å². The lowest BCUT2D eigenvalue weighted by molar-refractivity contribution is -0.144. The summed E-state index contributed by atoms with van der Waals surface area (Å²) in [5.74, 6) is -0.181. The van der Waals surface area contributed by atoms with Crippen molar-refractivity contribution in [2.24, 2.45) is 5.73 Å². The monoisotopic (exact) mass is 213 g/mol. The summed E-state index contributed by atoms with van der Waals surface area (Å²) in [5, 5.41) is 2.75. The van der Waals surface area contributed by atoms with E-state index in [1.165, 1.54) is 0 Å². The van der Waals surface area contributed by atoms with E-state index >= 15 is 0 Å². The molecule has 2 unspecified atom stereocenters. The first kappa shape index (κ1) is 12.0. The van der Waals surface area contributed by atoms with E-state index in [2.05, 4.69) is 5.32 Å². The molecule has 0 spiro atoms. The van der Waals surface area contributed by atoms with Crippen molar-refractivity contribution >= 4 is 11.8 Å². The van der Waals surface area contributed by atoms with Crippen molar-refractivity contribution in [2.45, 2.75) is 38.8 Å². The minimum Gasteiger partial charge on any atom is -0.353 e. The van der Waals surface area contributed by atoms with Gasteiger partial charge in [0.05, 0.1) is 6.04 Å². The number of piperazine rings is 1. The molecule has 2 amide bonds. The van der Waals surface area contributed by atoms with Gasteiger partial charge in [-0.2, -0.15) is 0 Å². The summed E-state index contributed by atoms with van der Waals surface area (Å²) < 4.78 is 0. The predicted molar refractivity (Wildman–Crippen MR) is 57.1 cm³/mol. The Kier molecular flexibility index (Phi) is 4.08. The first-order valence-corrected chi connectivity index (χ1v) is 5.45. The van der Waals surface area contributed by atoms with Crippen LogP contribution in [-0.4, -0.2) is 41.9 Å². The van der Waals surface area contributed by atoms with Crippen LogP contribution in [0, 0.1) is 0 Å². The number of carbonyl (C=O) groups is 2. The van der Waals surface area contributed by atoms with Crippen LogP contribution in [0.4, 0.5) is 0 Å². The van der Waals surface area contributed by atoms with Crippen LogP contribution in [0.2, 0.25) is 0 Å².